The van der Waals surface area contributed by atoms with Gasteiger partial charge in [-0.3, -0.25) is 0 Å². The summed E-state index contributed by atoms with van der Waals surface area (Å²) in [4.78, 5) is 0. The van der Waals surface area contributed by atoms with E-state index >= 15 is 0 Å². The van der Waals surface area contributed by atoms with E-state index in [9.17, 15) is 0 Å². The van der Waals surface area contributed by atoms with Crippen LogP contribution in [-0.4, -0.2) is 24.4 Å². The Bertz CT molecular complexity index is 106. The molecule has 0 aromatic carbocycles. The molecular weight excluding hydrogens is 129 g/mol. The Morgan fingerprint density at radius 2 is 1.55 bits per heavy atom. The van der Waals surface area contributed by atoms with Crippen LogP contribution >= 0.6 is 0 Å². The van der Waals surface area contributed by atoms with Crippen LogP contribution in [0.4, 0.5) is 0 Å². The molecule has 1 rings (SSSR count). The molecule has 0 amide bonds. The molecule has 0 aliphatic heterocycles. The van der Waals surface area contributed by atoms with Crippen molar-refractivity contribution in [1.29, 1.82) is 0 Å². The molecule has 2 heteroatoms. The first-order valence-corrected chi connectivity index (χ1v) is 4.44. The fourth-order valence-corrected chi connectivity index (χ4v) is 1.79. The molecule has 0 saturated heterocycles. The number of nitrogens with two attached hydrogens (primary N) is 1. The van der Waals surface area contributed by atoms with E-state index in [-0.39, 0.29) is 24.4 Å². The molecule has 1 fully saturated rings. The zero-order valence-corrected chi connectivity index (χ0v) is 7.19. The summed E-state index contributed by atoms with van der Waals surface area (Å²) in [6.45, 7) is 4.48. The molecule has 0 unspecified atom stereocenters. The fourth-order valence-electron chi connectivity index (χ4n) is 1.79. The Morgan fingerprint density at radius 3 is 1.82 bits per heavy atom. The van der Waals surface area contributed by atoms with Gasteiger partial charge in [-0.2, -0.15) is 0 Å². The summed E-state index contributed by atoms with van der Waals surface area (Å²) in [5.41, 5.74) is 6.38. The summed E-state index contributed by atoms with van der Waals surface area (Å²) in [6.07, 6.45) is 6.56. The van der Waals surface area contributed by atoms with Crippen LogP contribution in [0, 0.1) is 5.92 Å². The van der Waals surface area contributed by atoms with Gasteiger partial charge in [0.1, 0.15) is 0 Å². The molecule has 0 heterocycles. The molecule has 0 radical (unpaired) electrons. The number of hydrogen-bond donors (Lipinski definition) is 1. The first kappa shape index (κ1) is 11.6. The molecule has 0 atom stereocenters. The number of hydrogen-bond acceptors (Lipinski definition) is 1. The van der Waals surface area contributed by atoms with Gasteiger partial charge in [-0.1, -0.05) is 33.1 Å². The molecule has 1 nitrogen and oxygen atoms in total. The van der Waals surface area contributed by atoms with E-state index in [0.29, 0.717) is 5.92 Å². The van der Waals surface area contributed by atoms with E-state index in [0.717, 1.165) is 0 Å². The van der Waals surface area contributed by atoms with Crippen molar-refractivity contribution in [3.8, 4) is 0 Å². The van der Waals surface area contributed by atoms with Crippen LogP contribution < -0.4 is 5.73 Å². The minimum atomic E-state index is 0. The molecule has 0 spiro atoms. The molecule has 0 bridgehead atoms. The standard InChI is InChI=1S/C9H19N.Li.H/c1-8(2)9(10)6-4-3-5-7-9;;/h8H,3-7,10H2,1-2H3;;. The van der Waals surface area contributed by atoms with Crippen LogP contribution in [0.5, 0.6) is 0 Å². The predicted molar refractivity (Wildman–Crippen MR) is 52.0 cm³/mol. The van der Waals surface area contributed by atoms with Gasteiger partial charge in [-0.15, -0.1) is 0 Å². The van der Waals surface area contributed by atoms with Crippen molar-refractivity contribution in [2.45, 2.75) is 51.5 Å². The van der Waals surface area contributed by atoms with Crippen molar-refractivity contribution in [2.24, 2.45) is 11.7 Å². The van der Waals surface area contributed by atoms with Crippen LogP contribution in [0.1, 0.15) is 46.0 Å². The Labute approximate surface area is 82.3 Å². The fraction of sp³-hybridized carbons (Fsp3) is 1.00. The average Bonchev–Trinajstić information content (AvgIpc) is 1.89. The molecule has 0 aromatic heterocycles. The van der Waals surface area contributed by atoms with E-state index in [1.165, 1.54) is 32.1 Å². The Hall–Kier alpha value is 0.557. The van der Waals surface area contributed by atoms with Crippen LogP contribution in [-0.2, 0) is 0 Å². The van der Waals surface area contributed by atoms with Gasteiger partial charge in [-0.05, 0) is 18.8 Å². The zero-order valence-electron chi connectivity index (χ0n) is 7.19. The predicted octanol–water partition coefficient (Wildman–Crippen LogP) is 1.66. The third-order valence-electron chi connectivity index (χ3n) is 2.93. The second kappa shape index (κ2) is 4.55. The summed E-state index contributed by atoms with van der Waals surface area (Å²) in [5, 5.41) is 0. The second-order valence-corrected chi connectivity index (χ2v) is 3.95. The van der Waals surface area contributed by atoms with E-state index in [2.05, 4.69) is 13.8 Å². The Morgan fingerprint density at radius 1 is 1.09 bits per heavy atom. The summed E-state index contributed by atoms with van der Waals surface area (Å²) in [5.74, 6) is 0.660. The van der Waals surface area contributed by atoms with E-state index < -0.39 is 0 Å². The van der Waals surface area contributed by atoms with Gasteiger partial charge in [0, 0.05) is 5.54 Å². The van der Waals surface area contributed by atoms with Gasteiger partial charge in [0.15, 0.2) is 0 Å². The first-order valence-electron chi connectivity index (χ1n) is 4.44. The normalized spacial score (nSPS) is 22.9. The third-order valence-corrected chi connectivity index (χ3v) is 2.93. The van der Waals surface area contributed by atoms with Gasteiger partial charge in [0.25, 0.3) is 0 Å². The molecule has 62 valence electrons. The summed E-state index contributed by atoms with van der Waals surface area (Å²) >= 11 is 0. The van der Waals surface area contributed by atoms with Crippen molar-refractivity contribution in [3.63, 3.8) is 0 Å². The Balaban J connectivity index is 0.000001000. The van der Waals surface area contributed by atoms with E-state index in [4.69, 9.17) is 5.73 Å². The first-order chi connectivity index (χ1) is 4.65. The topological polar surface area (TPSA) is 26.0 Å². The zero-order chi connectivity index (χ0) is 7.61. The maximum absolute atomic E-state index is 6.20. The molecule has 1 aliphatic rings. The SMILES string of the molecule is CC(C)C1(N)CCCCC1.[LiH]. The Kier molecular flexibility index (Phi) is 4.78. The van der Waals surface area contributed by atoms with Gasteiger partial charge < -0.3 is 5.73 Å². The van der Waals surface area contributed by atoms with Gasteiger partial charge in [0.05, 0.1) is 0 Å². The minimum absolute atomic E-state index is 0. The quantitative estimate of drug-likeness (QED) is 0.564. The van der Waals surface area contributed by atoms with Crippen LogP contribution in [0.15, 0.2) is 0 Å². The van der Waals surface area contributed by atoms with Crippen molar-refractivity contribution in [1.82, 2.24) is 0 Å². The van der Waals surface area contributed by atoms with Crippen LogP contribution in [0.3, 0.4) is 0 Å². The molecule has 1 saturated carbocycles. The van der Waals surface area contributed by atoms with Crippen molar-refractivity contribution >= 4 is 18.9 Å². The molecule has 1 aliphatic carbocycles. The van der Waals surface area contributed by atoms with Crippen LogP contribution in [0.25, 0.3) is 0 Å². The monoisotopic (exact) mass is 149 g/mol. The summed E-state index contributed by atoms with van der Waals surface area (Å²) in [7, 11) is 0. The van der Waals surface area contributed by atoms with Gasteiger partial charge in [-0.25, -0.2) is 0 Å². The second-order valence-electron chi connectivity index (χ2n) is 3.95. The summed E-state index contributed by atoms with van der Waals surface area (Å²) < 4.78 is 0. The average molecular weight is 149 g/mol. The van der Waals surface area contributed by atoms with Crippen molar-refractivity contribution in [3.05, 3.63) is 0 Å². The van der Waals surface area contributed by atoms with Gasteiger partial charge in [0.2, 0.25) is 0 Å². The van der Waals surface area contributed by atoms with Crippen LogP contribution in [0.2, 0.25) is 0 Å². The van der Waals surface area contributed by atoms with Crippen molar-refractivity contribution < 1.29 is 0 Å². The van der Waals surface area contributed by atoms with E-state index in [1.807, 2.05) is 0 Å². The summed E-state index contributed by atoms with van der Waals surface area (Å²) in [6, 6.07) is 0. The maximum atomic E-state index is 6.20. The third kappa shape index (κ3) is 2.82. The molecule has 11 heavy (non-hydrogen) atoms. The molecular formula is C9H20LiN. The van der Waals surface area contributed by atoms with Gasteiger partial charge >= 0.3 is 18.9 Å². The molecule has 0 aromatic rings. The molecule has 2 N–H and O–H groups in total. The van der Waals surface area contributed by atoms with Crippen molar-refractivity contribution in [2.75, 3.05) is 0 Å². The van der Waals surface area contributed by atoms with E-state index in [1.54, 1.807) is 0 Å². The number of rotatable bonds is 1.